The number of nitrogens with zero attached hydrogens (tertiary/aromatic N) is 1. The first-order valence-corrected chi connectivity index (χ1v) is 9.12. The number of likely N-dealkylation sites (tertiary alicyclic amines) is 1. The summed E-state index contributed by atoms with van der Waals surface area (Å²) in [4.78, 5) is 38.6. The number of rotatable bonds is 4. The number of carbonyl (C=O) groups excluding carboxylic acids is 3. The molecule has 3 amide bonds. The molecule has 2 rings (SSSR count). The number of carbonyl (C=O) groups is 3. The van der Waals surface area contributed by atoms with E-state index in [2.05, 4.69) is 10.6 Å². The third kappa shape index (κ3) is 5.07. The van der Waals surface area contributed by atoms with Gasteiger partial charge in [0.25, 0.3) is 5.91 Å². The molecule has 0 aromatic heterocycles. The fourth-order valence-electron chi connectivity index (χ4n) is 2.98. The quantitative estimate of drug-likeness (QED) is 0.868. The van der Waals surface area contributed by atoms with Gasteiger partial charge in [-0.25, -0.2) is 0 Å². The van der Waals surface area contributed by atoms with Gasteiger partial charge in [0, 0.05) is 29.3 Å². The van der Waals surface area contributed by atoms with Crippen LogP contribution in [0.3, 0.4) is 0 Å². The van der Waals surface area contributed by atoms with Crippen LogP contribution in [0.2, 0.25) is 0 Å². The van der Waals surface area contributed by atoms with E-state index in [9.17, 15) is 14.4 Å². The zero-order valence-corrected chi connectivity index (χ0v) is 16.3. The Kier molecular flexibility index (Phi) is 6.05. The number of hydrogen-bond acceptors (Lipinski definition) is 3. The van der Waals surface area contributed by atoms with Crippen LogP contribution in [0.25, 0.3) is 0 Å². The Bertz CT molecular complexity index is 675. The summed E-state index contributed by atoms with van der Waals surface area (Å²) in [6, 6.07) is 6.36. The van der Waals surface area contributed by atoms with Gasteiger partial charge < -0.3 is 15.5 Å². The van der Waals surface area contributed by atoms with Crippen molar-refractivity contribution in [2.75, 3.05) is 11.9 Å². The van der Waals surface area contributed by atoms with Crippen molar-refractivity contribution in [3.63, 3.8) is 0 Å². The minimum Gasteiger partial charge on any atom is -0.347 e. The van der Waals surface area contributed by atoms with Crippen molar-refractivity contribution in [2.45, 2.75) is 59.0 Å². The number of anilines is 1. The van der Waals surface area contributed by atoms with E-state index in [0.717, 1.165) is 6.42 Å². The molecule has 6 nitrogen and oxygen atoms in total. The van der Waals surface area contributed by atoms with Crippen LogP contribution in [0.1, 0.15) is 57.8 Å². The van der Waals surface area contributed by atoms with Gasteiger partial charge in [0.1, 0.15) is 6.04 Å². The van der Waals surface area contributed by atoms with E-state index in [1.807, 2.05) is 34.6 Å². The monoisotopic (exact) mass is 359 g/mol. The van der Waals surface area contributed by atoms with Crippen LogP contribution in [-0.2, 0) is 9.59 Å². The maximum atomic E-state index is 12.6. The second-order valence-corrected chi connectivity index (χ2v) is 8.12. The summed E-state index contributed by atoms with van der Waals surface area (Å²) < 4.78 is 0. The summed E-state index contributed by atoms with van der Waals surface area (Å²) in [5, 5.41) is 5.76. The molecule has 1 aromatic carbocycles. The molecular weight excluding hydrogens is 330 g/mol. The summed E-state index contributed by atoms with van der Waals surface area (Å²) in [6.07, 6.45) is 1.51. The molecule has 26 heavy (non-hydrogen) atoms. The zero-order valence-electron chi connectivity index (χ0n) is 16.3. The average Bonchev–Trinajstić information content (AvgIpc) is 3.02. The van der Waals surface area contributed by atoms with Gasteiger partial charge in [-0.3, -0.25) is 14.4 Å². The second kappa shape index (κ2) is 7.89. The first-order valence-electron chi connectivity index (χ1n) is 9.12. The summed E-state index contributed by atoms with van der Waals surface area (Å²) in [5.41, 5.74) is 0.848. The van der Waals surface area contributed by atoms with Crippen molar-refractivity contribution in [3.8, 4) is 0 Å². The fraction of sp³-hybridized carbons (Fsp3) is 0.550. The minimum atomic E-state index is -0.422. The lowest BCUT2D eigenvalue weighted by Crippen LogP contribution is -2.44. The number of benzene rings is 1. The third-order valence-corrected chi connectivity index (χ3v) is 4.24. The van der Waals surface area contributed by atoms with Crippen molar-refractivity contribution in [2.24, 2.45) is 5.92 Å². The molecule has 1 aromatic rings. The molecule has 2 N–H and O–H groups in total. The molecule has 1 saturated heterocycles. The molecular formula is C20H29N3O3. The topological polar surface area (TPSA) is 78.5 Å². The van der Waals surface area contributed by atoms with Crippen LogP contribution < -0.4 is 10.6 Å². The smallest absolute Gasteiger partial charge is 0.251 e. The lowest BCUT2D eigenvalue weighted by molar-refractivity contribution is -0.139. The molecule has 1 fully saturated rings. The molecule has 1 aliphatic rings. The van der Waals surface area contributed by atoms with Gasteiger partial charge in [0.2, 0.25) is 11.8 Å². The van der Waals surface area contributed by atoms with Crippen LogP contribution in [0.5, 0.6) is 0 Å². The molecule has 6 heteroatoms. The normalized spacial score (nSPS) is 17.3. The minimum absolute atomic E-state index is 0.0110. The van der Waals surface area contributed by atoms with E-state index in [1.165, 1.54) is 0 Å². The predicted molar refractivity (Wildman–Crippen MR) is 102 cm³/mol. The number of amides is 3. The summed E-state index contributed by atoms with van der Waals surface area (Å²) in [7, 11) is 0. The zero-order chi connectivity index (χ0) is 19.5. The highest BCUT2D eigenvalue weighted by molar-refractivity contribution is 5.99. The molecule has 0 saturated carbocycles. The number of nitrogens with one attached hydrogen (secondary N) is 2. The first-order chi connectivity index (χ1) is 12.1. The fourth-order valence-corrected chi connectivity index (χ4v) is 2.98. The van der Waals surface area contributed by atoms with Crippen LogP contribution in [0.4, 0.5) is 5.69 Å². The first kappa shape index (κ1) is 19.9. The summed E-state index contributed by atoms with van der Waals surface area (Å²) >= 11 is 0. The Balaban J connectivity index is 2.01. The number of hydrogen-bond donors (Lipinski definition) is 2. The molecule has 142 valence electrons. The van der Waals surface area contributed by atoms with E-state index >= 15 is 0 Å². The largest absolute Gasteiger partial charge is 0.347 e. The third-order valence-electron chi connectivity index (χ3n) is 4.24. The molecule has 0 radical (unpaired) electrons. The van der Waals surface area contributed by atoms with E-state index in [0.29, 0.717) is 24.2 Å². The van der Waals surface area contributed by atoms with E-state index < -0.39 is 6.04 Å². The summed E-state index contributed by atoms with van der Waals surface area (Å²) in [6.45, 7) is 10.1. The van der Waals surface area contributed by atoms with E-state index in [1.54, 1.807) is 29.2 Å². The molecule has 0 bridgehead atoms. The van der Waals surface area contributed by atoms with Gasteiger partial charge >= 0.3 is 0 Å². The molecule has 1 heterocycles. The Morgan fingerprint density at radius 2 is 1.73 bits per heavy atom. The Morgan fingerprint density at radius 3 is 2.27 bits per heavy atom. The Morgan fingerprint density at radius 1 is 1.12 bits per heavy atom. The molecule has 0 spiro atoms. The van der Waals surface area contributed by atoms with Crippen molar-refractivity contribution in [1.82, 2.24) is 10.2 Å². The van der Waals surface area contributed by atoms with Gasteiger partial charge in [-0.05, 0) is 57.9 Å². The van der Waals surface area contributed by atoms with Crippen molar-refractivity contribution in [3.05, 3.63) is 29.8 Å². The highest BCUT2D eigenvalue weighted by atomic mass is 16.2. The average molecular weight is 359 g/mol. The molecule has 0 aliphatic carbocycles. The van der Waals surface area contributed by atoms with E-state index in [-0.39, 0.29) is 29.2 Å². The van der Waals surface area contributed by atoms with Gasteiger partial charge in [-0.1, -0.05) is 13.8 Å². The van der Waals surface area contributed by atoms with Crippen molar-refractivity contribution < 1.29 is 14.4 Å². The Labute approximate surface area is 155 Å². The lowest BCUT2D eigenvalue weighted by Gasteiger charge is -2.25. The highest BCUT2D eigenvalue weighted by Gasteiger charge is 2.34. The van der Waals surface area contributed by atoms with Crippen molar-refractivity contribution in [1.29, 1.82) is 0 Å². The van der Waals surface area contributed by atoms with Crippen LogP contribution in [0, 0.1) is 5.92 Å². The van der Waals surface area contributed by atoms with Crippen molar-refractivity contribution >= 4 is 23.4 Å². The maximum Gasteiger partial charge on any atom is 0.251 e. The second-order valence-electron chi connectivity index (χ2n) is 8.12. The SMILES string of the molecule is CC(C)C(=O)N1CCCC1C(=O)Nc1ccc(C(=O)NC(C)(C)C)cc1. The predicted octanol–water partition coefficient (Wildman–Crippen LogP) is 2.80. The van der Waals surface area contributed by atoms with Crippen LogP contribution >= 0.6 is 0 Å². The molecule has 1 aliphatic heterocycles. The standard InChI is InChI=1S/C20H29N3O3/c1-13(2)19(26)23-12-6-7-16(23)18(25)21-15-10-8-14(9-11-15)17(24)22-20(3,4)5/h8-11,13,16H,6-7,12H2,1-5H3,(H,21,25)(H,22,24). The van der Waals surface area contributed by atoms with Crippen LogP contribution in [-0.4, -0.2) is 40.7 Å². The van der Waals surface area contributed by atoms with Gasteiger partial charge in [-0.15, -0.1) is 0 Å². The Hall–Kier alpha value is -2.37. The maximum absolute atomic E-state index is 12.6. The van der Waals surface area contributed by atoms with Gasteiger partial charge in [0.15, 0.2) is 0 Å². The molecule has 1 unspecified atom stereocenters. The highest BCUT2D eigenvalue weighted by Crippen LogP contribution is 2.21. The van der Waals surface area contributed by atoms with Gasteiger partial charge in [0.05, 0.1) is 0 Å². The van der Waals surface area contributed by atoms with E-state index in [4.69, 9.17) is 0 Å². The van der Waals surface area contributed by atoms with Gasteiger partial charge in [-0.2, -0.15) is 0 Å². The van der Waals surface area contributed by atoms with Crippen LogP contribution in [0.15, 0.2) is 24.3 Å². The molecule has 1 atom stereocenters. The lowest BCUT2D eigenvalue weighted by atomic mass is 10.1. The summed E-state index contributed by atoms with van der Waals surface area (Å²) in [5.74, 6) is -0.441.